The van der Waals surface area contributed by atoms with Gasteiger partial charge in [-0.15, -0.1) is 0 Å². The lowest BCUT2D eigenvalue weighted by atomic mass is 10.2. The van der Waals surface area contributed by atoms with Crippen molar-refractivity contribution in [2.24, 2.45) is 0 Å². The van der Waals surface area contributed by atoms with Crippen molar-refractivity contribution in [3.63, 3.8) is 0 Å². The number of aryl methyl sites for hydroxylation is 1. The van der Waals surface area contributed by atoms with Crippen molar-refractivity contribution in [3.8, 4) is 5.75 Å². The Kier molecular flexibility index (Phi) is 3.32. The Balaban J connectivity index is 2.72. The van der Waals surface area contributed by atoms with E-state index in [1.807, 2.05) is 6.92 Å². The van der Waals surface area contributed by atoms with Crippen LogP contribution >= 0.6 is 11.6 Å². The summed E-state index contributed by atoms with van der Waals surface area (Å²) in [5, 5.41) is 0.674. The highest BCUT2D eigenvalue weighted by Crippen LogP contribution is 2.21. The fourth-order valence-corrected chi connectivity index (χ4v) is 1.18. The molecule has 0 radical (unpaired) electrons. The molecule has 0 heterocycles. The maximum absolute atomic E-state index is 10.6. The summed E-state index contributed by atoms with van der Waals surface area (Å²) in [6, 6.07) is 5.31. The van der Waals surface area contributed by atoms with E-state index in [1.165, 1.54) is 6.92 Å². The molecule has 0 aliphatic heterocycles. The second-order valence-electron chi connectivity index (χ2n) is 2.90. The molecule has 1 rings (SSSR count). The third-order valence-electron chi connectivity index (χ3n) is 1.57. The smallest absolute Gasteiger partial charge is 0.167 e. The summed E-state index contributed by atoms with van der Waals surface area (Å²) in [6.45, 7) is 3.50. The maximum Gasteiger partial charge on any atom is 0.167 e. The van der Waals surface area contributed by atoms with E-state index in [4.69, 9.17) is 16.3 Å². The first-order valence-electron chi connectivity index (χ1n) is 3.98. The van der Waals surface area contributed by atoms with E-state index < -0.39 is 0 Å². The van der Waals surface area contributed by atoms with Gasteiger partial charge in [0.15, 0.2) is 5.78 Å². The molecule has 1 aromatic rings. The Hall–Kier alpha value is -1.02. The number of ketones is 1. The Morgan fingerprint density at radius 3 is 2.77 bits per heavy atom. The molecule has 0 spiro atoms. The highest BCUT2D eigenvalue weighted by atomic mass is 35.5. The molecule has 0 aliphatic carbocycles. The van der Waals surface area contributed by atoms with Gasteiger partial charge in [0.25, 0.3) is 0 Å². The lowest BCUT2D eigenvalue weighted by Crippen LogP contribution is -2.07. The SMILES string of the molecule is CC(=O)COc1ccc(Cl)cc1C. The predicted octanol–water partition coefficient (Wildman–Crippen LogP) is 2.62. The van der Waals surface area contributed by atoms with E-state index >= 15 is 0 Å². The third-order valence-corrected chi connectivity index (χ3v) is 1.80. The molecular weight excluding hydrogens is 188 g/mol. The average Bonchev–Trinajstić information content (AvgIpc) is 2.02. The van der Waals surface area contributed by atoms with Crippen LogP contribution in [0.1, 0.15) is 12.5 Å². The molecule has 0 bridgehead atoms. The minimum Gasteiger partial charge on any atom is -0.486 e. The van der Waals surface area contributed by atoms with Crippen molar-refractivity contribution in [2.45, 2.75) is 13.8 Å². The zero-order valence-corrected chi connectivity index (χ0v) is 8.39. The Morgan fingerprint density at radius 2 is 2.23 bits per heavy atom. The Labute approximate surface area is 82.5 Å². The molecule has 70 valence electrons. The van der Waals surface area contributed by atoms with E-state index in [-0.39, 0.29) is 12.4 Å². The zero-order chi connectivity index (χ0) is 9.84. The highest BCUT2D eigenvalue weighted by Gasteiger charge is 2.01. The molecule has 0 saturated carbocycles. The van der Waals surface area contributed by atoms with Crippen molar-refractivity contribution in [1.29, 1.82) is 0 Å². The Morgan fingerprint density at radius 1 is 1.54 bits per heavy atom. The van der Waals surface area contributed by atoms with Crippen LogP contribution in [0, 0.1) is 6.92 Å². The largest absolute Gasteiger partial charge is 0.486 e. The summed E-state index contributed by atoms with van der Waals surface area (Å²) in [6.07, 6.45) is 0. The first-order valence-corrected chi connectivity index (χ1v) is 4.36. The summed E-state index contributed by atoms with van der Waals surface area (Å²) in [4.78, 5) is 10.6. The van der Waals surface area contributed by atoms with Gasteiger partial charge in [-0.25, -0.2) is 0 Å². The fourth-order valence-electron chi connectivity index (χ4n) is 0.954. The quantitative estimate of drug-likeness (QED) is 0.747. The molecule has 0 aliphatic rings. The molecule has 0 aromatic heterocycles. The number of carbonyl (C=O) groups excluding carboxylic acids is 1. The van der Waals surface area contributed by atoms with Crippen molar-refractivity contribution >= 4 is 17.4 Å². The first-order chi connectivity index (χ1) is 6.09. The van der Waals surface area contributed by atoms with E-state index in [0.717, 1.165) is 5.56 Å². The molecule has 13 heavy (non-hydrogen) atoms. The predicted molar refractivity (Wildman–Crippen MR) is 52.4 cm³/mol. The lowest BCUT2D eigenvalue weighted by Gasteiger charge is -2.06. The first kappa shape index (κ1) is 10.1. The van der Waals surface area contributed by atoms with Gasteiger partial charge in [-0.2, -0.15) is 0 Å². The van der Waals surface area contributed by atoms with Crippen LogP contribution in [0.4, 0.5) is 0 Å². The molecule has 0 N–H and O–H groups in total. The third kappa shape index (κ3) is 3.07. The molecule has 0 saturated heterocycles. The second kappa shape index (κ2) is 4.28. The van der Waals surface area contributed by atoms with Gasteiger partial charge in [0.2, 0.25) is 0 Å². The second-order valence-corrected chi connectivity index (χ2v) is 3.34. The van der Waals surface area contributed by atoms with Crippen LogP contribution in [-0.4, -0.2) is 12.4 Å². The topological polar surface area (TPSA) is 26.3 Å². The van der Waals surface area contributed by atoms with Crippen LogP contribution in [-0.2, 0) is 4.79 Å². The lowest BCUT2D eigenvalue weighted by molar-refractivity contribution is -0.118. The average molecular weight is 199 g/mol. The molecule has 1 aromatic carbocycles. The number of benzene rings is 1. The van der Waals surface area contributed by atoms with Crippen molar-refractivity contribution in [1.82, 2.24) is 0 Å². The molecule has 3 heteroatoms. The summed E-state index contributed by atoms with van der Waals surface area (Å²) in [7, 11) is 0. The summed E-state index contributed by atoms with van der Waals surface area (Å²) in [5.74, 6) is 0.717. The maximum atomic E-state index is 10.6. The number of Topliss-reactive ketones (excluding diaryl/α,β-unsaturated/α-hetero) is 1. The number of carbonyl (C=O) groups is 1. The van der Waals surface area contributed by atoms with Gasteiger partial charge < -0.3 is 4.74 Å². The van der Waals surface area contributed by atoms with Gasteiger partial charge >= 0.3 is 0 Å². The normalized spacial score (nSPS) is 9.77. The van der Waals surface area contributed by atoms with E-state index in [9.17, 15) is 4.79 Å². The van der Waals surface area contributed by atoms with Gasteiger partial charge in [0.05, 0.1) is 0 Å². The number of hydrogen-bond acceptors (Lipinski definition) is 2. The summed E-state index contributed by atoms with van der Waals surface area (Å²) >= 11 is 5.76. The molecule has 2 nitrogen and oxygen atoms in total. The molecule has 0 atom stereocenters. The van der Waals surface area contributed by atoms with Crippen molar-refractivity contribution < 1.29 is 9.53 Å². The van der Waals surface area contributed by atoms with Crippen LogP contribution in [0.5, 0.6) is 5.75 Å². The van der Waals surface area contributed by atoms with Gasteiger partial charge in [0.1, 0.15) is 12.4 Å². The van der Waals surface area contributed by atoms with Crippen LogP contribution in [0.25, 0.3) is 0 Å². The van der Waals surface area contributed by atoms with Gasteiger partial charge in [-0.1, -0.05) is 11.6 Å². The van der Waals surface area contributed by atoms with Gasteiger partial charge in [0, 0.05) is 5.02 Å². The van der Waals surface area contributed by atoms with Crippen LogP contribution in [0.15, 0.2) is 18.2 Å². The standard InChI is InChI=1S/C10H11ClO2/c1-7-5-9(11)3-4-10(7)13-6-8(2)12/h3-5H,6H2,1-2H3. The van der Waals surface area contributed by atoms with Gasteiger partial charge in [-0.05, 0) is 37.6 Å². The van der Waals surface area contributed by atoms with E-state index in [1.54, 1.807) is 18.2 Å². The van der Waals surface area contributed by atoms with Crippen LogP contribution in [0.2, 0.25) is 5.02 Å². The monoisotopic (exact) mass is 198 g/mol. The fraction of sp³-hybridized carbons (Fsp3) is 0.300. The zero-order valence-electron chi connectivity index (χ0n) is 7.63. The van der Waals surface area contributed by atoms with E-state index in [0.29, 0.717) is 10.8 Å². The van der Waals surface area contributed by atoms with E-state index in [2.05, 4.69) is 0 Å². The molecular formula is C10H11ClO2. The summed E-state index contributed by atoms with van der Waals surface area (Å²) < 4.78 is 5.25. The minimum absolute atomic E-state index is 0.00866. The summed E-state index contributed by atoms with van der Waals surface area (Å²) in [5.41, 5.74) is 0.939. The Bertz CT molecular complexity index is 321. The molecule has 0 fully saturated rings. The number of ether oxygens (including phenoxy) is 1. The minimum atomic E-state index is 0.00866. The van der Waals surface area contributed by atoms with Crippen molar-refractivity contribution in [3.05, 3.63) is 28.8 Å². The van der Waals surface area contributed by atoms with Gasteiger partial charge in [-0.3, -0.25) is 4.79 Å². The highest BCUT2D eigenvalue weighted by molar-refractivity contribution is 6.30. The number of rotatable bonds is 3. The van der Waals surface area contributed by atoms with Crippen LogP contribution in [0.3, 0.4) is 0 Å². The van der Waals surface area contributed by atoms with Crippen LogP contribution < -0.4 is 4.74 Å². The molecule has 0 unspecified atom stereocenters. The number of halogens is 1. The number of hydrogen-bond donors (Lipinski definition) is 0. The van der Waals surface area contributed by atoms with Crippen molar-refractivity contribution in [2.75, 3.05) is 6.61 Å². The molecule has 0 amide bonds.